The van der Waals surface area contributed by atoms with Crippen LogP contribution in [0.25, 0.3) is 0 Å². The molecule has 0 spiro atoms. The lowest BCUT2D eigenvalue weighted by Gasteiger charge is -2.13. The molecule has 1 aromatic heterocycles. The summed E-state index contributed by atoms with van der Waals surface area (Å²) in [7, 11) is 0. The van der Waals surface area contributed by atoms with Crippen molar-refractivity contribution in [3.05, 3.63) is 53.6 Å². The van der Waals surface area contributed by atoms with Gasteiger partial charge in [-0.15, -0.1) is 0 Å². The molecule has 2 aromatic rings. The molecule has 4 nitrogen and oxygen atoms in total. The summed E-state index contributed by atoms with van der Waals surface area (Å²) in [5.74, 6) is 0.287. The second kappa shape index (κ2) is 5.60. The van der Waals surface area contributed by atoms with Gasteiger partial charge in [-0.2, -0.15) is 0 Å². The maximum atomic E-state index is 9.23. The number of rotatable bonds is 4. The summed E-state index contributed by atoms with van der Waals surface area (Å²) < 4.78 is 0. The Labute approximate surface area is 107 Å². The SMILES string of the molecule is Cc1cnc(CNC(C)c2ccc(O)cc2)cn1. The van der Waals surface area contributed by atoms with Gasteiger partial charge in [0, 0.05) is 25.0 Å². The lowest BCUT2D eigenvalue weighted by atomic mass is 10.1. The van der Waals surface area contributed by atoms with E-state index in [9.17, 15) is 5.11 Å². The van der Waals surface area contributed by atoms with E-state index in [1.54, 1.807) is 24.5 Å². The summed E-state index contributed by atoms with van der Waals surface area (Å²) in [5.41, 5.74) is 2.98. The zero-order chi connectivity index (χ0) is 13.0. The molecular formula is C14H17N3O. The molecule has 0 saturated heterocycles. The molecule has 1 unspecified atom stereocenters. The van der Waals surface area contributed by atoms with Crippen molar-refractivity contribution in [3.63, 3.8) is 0 Å². The summed E-state index contributed by atoms with van der Waals surface area (Å²) in [6.45, 7) is 4.67. The minimum atomic E-state index is 0.203. The fourth-order valence-electron chi connectivity index (χ4n) is 1.65. The summed E-state index contributed by atoms with van der Waals surface area (Å²) >= 11 is 0. The molecule has 2 N–H and O–H groups in total. The van der Waals surface area contributed by atoms with Gasteiger partial charge in [-0.3, -0.25) is 9.97 Å². The van der Waals surface area contributed by atoms with Gasteiger partial charge < -0.3 is 10.4 Å². The van der Waals surface area contributed by atoms with E-state index < -0.39 is 0 Å². The van der Waals surface area contributed by atoms with Gasteiger partial charge in [-0.25, -0.2) is 0 Å². The van der Waals surface area contributed by atoms with Gasteiger partial charge in [-0.05, 0) is 31.5 Å². The molecule has 18 heavy (non-hydrogen) atoms. The van der Waals surface area contributed by atoms with Crippen LogP contribution in [0.15, 0.2) is 36.7 Å². The fraction of sp³-hybridized carbons (Fsp3) is 0.286. The molecule has 1 heterocycles. The van der Waals surface area contributed by atoms with Crippen molar-refractivity contribution in [2.75, 3.05) is 0 Å². The Morgan fingerprint density at radius 3 is 2.50 bits per heavy atom. The molecular weight excluding hydrogens is 226 g/mol. The van der Waals surface area contributed by atoms with Crippen LogP contribution in [0.5, 0.6) is 5.75 Å². The number of aryl methyl sites for hydroxylation is 1. The highest BCUT2D eigenvalue weighted by molar-refractivity contribution is 5.27. The van der Waals surface area contributed by atoms with Crippen molar-refractivity contribution in [1.82, 2.24) is 15.3 Å². The topological polar surface area (TPSA) is 58.0 Å². The zero-order valence-corrected chi connectivity index (χ0v) is 10.6. The standard InChI is InChI=1S/C14H17N3O/c1-10-7-17-13(8-15-10)9-16-11(2)12-3-5-14(18)6-4-12/h3-8,11,16,18H,9H2,1-2H3. The van der Waals surface area contributed by atoms with Crippen molar-refractivity contribution < 1.29 is 5.11 Å². The van der Waals surface area contributed by atoms with E-state index in [2.05, 4.69) is 22.2 Å². The van der Waals surface area contributed by atoms with Crippen LogP contribution in [0.4, 0.5) is 0 Å². The summed E-state index contributed by atoms with van der Waals surface area (Å²) in [6.07, 6.45) is 3.55. The lowest BCUT2D eigenvalue weighted by Crippen LogP contribution is -2.18. The van der Waals surface area contributed by atoms with E-state index in [1.165, 1.54) is 0 Å². The number of hydrogen-bond donors (Lipinski definition) is 2. The second-order valence-electron chi connectivity index (χ2n) is 4.34. The van der Waals surface area contributed by atoms with Crippen molar-refractivity contribution in [2.45, 2.75) is 26.4 Å². The van der Waals surface area contributed by atoms with Crippen LogP contribution < -0.4 is 5.32 Å². The molecule has 94 valence electrons. The molecule has 0 fully saturated rings. The van der Waals surface area contributed by atoms with E-state index in [0.29, 0.717) is 6.54 Å². The molecule has 0 aliphatic carbocycles. The Morgan fingerprint density at radius 1 is 1.17 bits per heavy atom. The Morgan fingerprint density at radius 2 is 1.89 bits per heavy atom. The molecule has 0 amide bonds. The van der Waals surface area contributed by atoms with Crippen molar-refractivity contribution in [3.8, 4) is 5.75 Å². The first kappa shape index (κ1) is 12.5. The third-order valence-electron chi connectivity index (χ3n) is 2.82. The minimum absolute atomic E-state index is 0.203. The summed E-state index contributed by atoms with van der Waals surface area (Å²) in [6, 6.07) is 7.41. The number of aromatic hydroxyl groups is 1. The number of aromatic nitrogens is 2. The predicted molar refractivity (Wildman–Crippen MR) is 70.1 cm³/mol. The number of nitrogens with zero attached hydrogens (tertiary/aromatic N) is 2. The lowest BCUT2D eigenvalue weighted by molar-refractivity contribution is 0.474. The van der Waals surface area contributed by atoms with E-state index in [4.69, 9.17) is 0 Å². The van der Waals surface area contributed by atoms with Crippen LogP contribution in [0.1, 0.15) is 29.9 Å². The number of phenolic OH excluding ortho intramolecular Hbond substituents is 1. The highest BCUT2D eigenvalue weighted by Gasteiger charge is 2.05. The first-order chi connectivity index (χ1) is 8.65. The van der Waals surface area contributed by atoms with Gasteiger partial charge >= 0.3 is 0 Å². The average Bonchev–Trinajstić information content (AvgIpc) is 2.38. The highest BCUT2D eigenvalue weighted by atomic mass is 16.3. The first-order valence-corrected chi connectivity index (χ1v) is 5.95. The molecule has 0 aliphatic rings. The van der Waals surface area contributed by atoms with Crippen LogP contribution in [0.2, 0.25) is 0 Å². The Kier molecular flexibility index (Phi) is 3.89. The van der Waals surface area contributed by atoms with Crippen LogP contribution in [-0.2, 0) is 6.54 Å². The number of benzene rings is 1. The van der Waals surface area contributed by atoms with Crippen LogP contribution in [0.3, 0.4) is 0 Å². The fourth-order valence-corrected chi connectivity index (χ4v) is 1.65. The summed E-state index contributed by atoms with van der Waals surface area (Å²) in [5, 5.41) is 12.6. The van der Waals surface area contributed by atoms with Gasteiger partial charge in [-0.1, -0.05) is 12.1 Å². The van der Waals surface area contributed by atoms with E-state index >= 15 is 0 Å². The van der Waals surface area contributed by atoms with Crippen molar-refractivity contribution >= 4 is 0 Å². The minimum Gasteiger partial charge on any atom is -0.508 e. The monoisotopic (exact) mass is 243 g/mol. The molecule has 4 heteroatoms. The molecule has 2 rings (SSSR count). The largest absolute Gasteiger partial charge is 0.508 e. The van der Waals surface area contributed by atoms with E-state index in [1.807, 2.05) is 19.1 Å². The quantitative estimate of drug-likeness (QED) is 0.865. The predicted octanol–water partition coefficient (Wildman–Crippen LogP) is 2.34. The molecule has 1 aromatic carbocycles. The van der Waals surface area contributed by atoms with Gasteiger partial charge in [0.15, 0.2) is 0 Å². The van der Waals surface area contributed by atoms with Crippen LogP contribution in [-0.4, -0.2) is 15.1 Å². The zero-order valence-electron chi connectivity index (χ0n) is 10.6. The van der Waals surface area contributed by atoms with Gasteiger partial charge in [0.25, 0.3) is 0 Å². The van der Waals surface area contributed by atoms with Gasteiger partial charge in [0.1, 0.15) is 5.75 Å². The molecule has 0 saturated carbocycles. The van der Waals surface area contributed by atoms with Crippen molar-refractivity contribution in [1.29, 1.82) is 0 Å². The van der Waals surface area contributed by atoms with E-state index in [-0.39, 0.29) is 11.8 Å². The molecule has 1 atom stereocenters. The average molecular weight is 243 g/mol. The van der Waals surface area contributed by atoms with Crippen molar-refractivity contribution in [2.24, 2.45) is 0 Å². The normalized spacial score (nSPS) is 12.3. The van der Waals surface area contributed by atoms with Gasteiger partial charge in [0.05, 0.1) is 11.4 Å². The van der Waals surface area contributed by atoms with Crippen LogP contribution in [0, 0.1) is 6.92 Å². The number of nitrogens with one attached hydrogen (secondary N) is 1. The van der Waals surface area contributed by atoms with Gasteiger partial charge in [0.2, 0.25) is 0 Å². The Balaban J connectivity index is 1.93. The molecule has 0 aliphatic heterocycles. The maximum absolute atomic E-state index is 9.23. The highest BCUT2D eigenvalue weighted by Crippen LogP contribution is 2.16. The molecule has 0 radical (unpaired) electrons. The number of phenols is 1. The summed E-state index contributed by atoms with van der Waals surface area (Å²) in [4.78, 5) is 8.50. The molecule has 0 bridgehead atoms. The Hall–Kier alpha value is -1.94. The number of hydrogen-bond acceptors (Lipinski definition) is 4. The maximum Gasteiger partial charge on any atom is 0.115 e. The Bertz CT molecular complexity index is 493. The third-order valence-corrected chi connectivity index (χ3v) is 2.82. The first-order valence-electron chi connectivity index (χ1n) is 5.95. The second-order valence-corrected chi connectivity index (χ2v) is 4.34. The van der Waals surface area contributed by atoms with Crippen LogP contribution >= 0.6 is 0 Å². The smallest absolute Gasteiger partial charge is 0.115 e. The van der Waals surface area contributed by atoms with E-state index in [0.717, 1.165) is 17.0 Å². The third kappa shape index (κ3) is 3.28.